The van der Waals surface area contributed by atoms with E-state index in [-0.39, 0.29) is 17.7 Å². The lowest BCUT2D eigenvalue weighted by molar-refractivity contribution is -0.115. The van der Waals surface area contributed by atoms with Gasteiger partial charge in [-0.25, -0.2) is 9.97 Å². The largest absolute Gasteiger partial charge is 0.359 e. The van der Waals surface area contributed by atoms with E-state index in [0.29, 0.717) is 5.82 Å². The van der Waals surface area contributed by atoms with Crippen LogP contribution in [0.4, 0.5) is 17.3 Å². The van der Waals surface area contributed by atoms with Crippen molar-refractivity contribution >= 4 is 44.8 Å². The topological polar surface area (TPSA) is 111 Å². The summed E-state index contributed by atoms with van der Waals surface area (Å²) in [6, 6.07) is 11.5. The van der Waals surface area contributed by atoms with Gasteiger partial charge in [0.2, 0.25) is 5.91 Å². The van der Waals surface area contributed by atoms with Gasteiger partial charge in [0.05, 0.1) is 18.0 Å². The number of aryl methyl sites for hydroxylation is 1. The number of carbonyl (C=O) groups is 1. The van der Waals surface area contributed by atoms with Gasteiger partial charge < -0.3 is 15.2 Å². The van der Waals surface area contributed by atoms with E-state index in [1.165, 1.54) is 0 Å². The summed E-state index contributed by atoms with van der Waals surface area (Å²) in [6.45, 7) is 6.08. The molecule has 0 fully saturated rings. The van der Waals surface area contributed by atoms with Gasteiger partial charge in [-0.1, -0.05) is 38.1 Å². The van der Waals surface area contributed by atoms with E-state index >= 15 is 0 Å². The molecule has 0 radical (unpaired) electrons. The molecular weight excluding hydrogens is 462 g/mol. The molecule has 0 unspecified atom stereocenters. The molecular formula is C25H25N7O2S. The number of hydrogen-bond donors (Lipinski definition) is 2. The first-order valence-electron chi connectivity index (χ1n) is 11.1. The highest BCUT2D eigenvalue weighted by Gasteiger charge is 2.20. The van der Waals surface area contributed by atoms with Crippen LogP contribution >= 0.6 is 11.3 Å². The molecule has 10 heteroatoms. The molecule has 35 heavy (non-hydrogen) atoms. The third-order valence-corrected chi connectivity index (χ3v) is 6.51. The van der Waals surface area contributed by atoms with E-state index < -0.39 is 0 Å². The lowest BCUT2D eigenvalue weighted by Crippen LogP contribution is -2.14. The molecule has 0 saturated heterocycles. The molecule has 178 valence electrons. The molecule has 5 rings (SSSR count). The standard InChI is InChI=1S/C25H25N7O2S/c1-25(2,3)20-11-21(31-34-20)30-22(33)9-15-5-7-17(8-6-15)29-23-18-10-19(16-12-28-32(4)13-16)35-24(18)27-14-26-23/h5-8,10-14H,9H2,1-4H3,(H,26,27,29)(H,30,31,33). The summed E-state index contributed by atoms with van der Waals surface area (Å²) < 4.78 is 7.10. The maximum Gasteiger partial charge on any atom is 0.230 e. The third-order valence-electron chi connectivity index (χ3n) is 5.42. The maximum absolute atomic E-state index is 12.5. The second-order valence-electron chi connectivity index (χ2n) is 9.33. The van der Waals surface area contributed by atoms with Crippen molar-refractivity contribution in [2.24, 2.45) is 7.05 Å². The van der Waals surface area contributed by atoms with Gasteiger partial charge in [0.25, 0.3) is 0 Å². The number of amides is 1. The highest BCUT2D eigenvalue weighted by Crippen LogP contribution is 2.35. The number of thiophene rings is 1. The van der Waals surface area contributed by atoms with E-state index in [4.69, 9.17) is 4.52 Å². The lowest BCUT2D eigenvalue weighted by Gasteiger charge is -2.12. The number of nitrogens with zero attached hydrogens (tertiary/aromatic N) is 5. The summed E-state index contributed by atoms with van der Waals surface area (Å²) in [5.41, 5.74) is 2.63. The van der Waals surface area contributed by atoms with Crippen LogP contribution < -0.4 is 10.6 Å². The Labute approximate surface area is 206 Å². The molecule has 0 spiro atoms. The molecule has 4 heterocycles. The Morgan fingerprint density at radius 1 is 1.14 bits per heavy atom. The number of nitrogens with one attached hydrogen (secondary N) is 2. The minimum absolute atomic E-state index is 0.154. The molecule has 9 nitrogen and oxygen atoms in total. The van der Waals surface area contributed by atoms with E-state index in [1.807, 2.05) is 64.5 Å². The molecule has 0 bridgehead atoms. The monoisotopic (exact) mass is 487 g/mol. The number of aromatic nitrogens is 5. The predicted molar refractivity (Wildman–Crippen MR) is 137 cm³/mol. The molecule has 1 amide bonds. The van der Waals surface area contributed by atoms with Gasteiger partial charge in [-0.2, -0.15) is 5.10 Å². The summed E-state index contributed by atoms with van der Waals surface area (Å²) >= 11 is 1.60. The van der Waals surface area contributed by atoms with Crippen molar-refractivity contribution < 1.29 is 9.32 Å². The van der Waals surface area contributed by atoms with Crippen molar-refractivity contribution in [1.82, 2.24) is 24.9 Å². The number of carbonyl (C=O) groups excluding carboxylic acids is 1. The third kappa shape index (κ3) is 5.07. The maximum atomic E-state index is 12.5. The molecule has 1 aromatic carbocycles. The number of hydrogen-bond acceptors (Lipinski definition) is 8. The van der Waals surface area contributed by atoms with Crippen LogP contribution in [0.1, 0.15) is 32.1 Å². The van der Waals surface area contributed by atoms with Gasteiger partial charge in [-0.05, 0) is 23.8 Å². The van der Waals surface area contributed by atoms with Gasteiger partial charge in [-0.3, -0.25) is 9.48 Å². The molecule has 0 saturated carbocycles. The van der Waals surface area contributed by atoms with Crippen molar-refractivity contribution in [3.63, 3.8) is 0 Å². The molecule has 0 aliphatic heterocycles. The smallest absolute Gasteiger partial charge is 0.230 e. The minimum Gasteiger partial charge on any atom is -0.359 e. The molecule has 4 aromatic heterocycles. The SMILES string of the molecule is Cn1cc(-c2cc3c(Nc4ccc(CC(=O)Nc5cc(C(C)(C)C)on5)cc4)ncnc3s2)cn1. The second kappa shape index (κ2) is 8.95. The number of benzene rings is 1. The quantitative estimate of drug-likeness (QED) is 0.334. The average molecular weight is 488 g/mol. The summed E-state index contributed by atoms with van der Waals surface area (Å²) in [7, 11) is 1.90. The van der Waals surface area contributed by atoms with Crippen LogP contribution in [0, 0.1) is 0 Å². The van der Waals surface area contributed by atoms with Gasteiger partial charge in [0, 0.05) is 40.9 Å². The summed E-state index contributed by atoms with van der Waals surface area (Å²) in [5.74, 6) is 1.72. The fourth-order valence-electron chi connectivity index (χ4n) is 3.55. The molecule has 0 aliphatic carbocycles. The van der Waals surface area contributed by atoms with Crippen molar-refractivity contribution in [1.29, 1.82) is 0 Å². The number of fused-ring (bicyclic) bond motifs is 1. The van der Waals surface area contributed by atoms with Crippen LogP contribution in [-0.2, 0) is 23.7 Å². The number of rotatable bonds is 6. The molecule has 5 aromatic rings. The van der Waals surface area contributed by atoms with Crippen molar-refractivity contribution in [3.05, 3.63) is 66.4 Å². The van der Waals surface area contributed by atoms with Crippen LogP contribution in [0.2, 0.25) is 0 Å². The first-order valence-corrected chi connectivity index (χ1v) is 11.9. The Morgan fingerprint density at radius 3 is 2.63 bits per heavy atom. The zero-order valence-electron chi connectivity index (χ0n) is 19.9. The fraction of sp³-hybridized carbons (Fsp3) is 0.240. The van der Waals surface area contributed by atoms with E-state index in [2.05, 4.69) is 36.9 Å². The van der Waals surface area contributed by atoms with Gasteiger partial charge in [0.15, 0.2) is 5.82 Å². The van der Waals surface area contributed by atoms with Gasteiger partial charge >= 0.3 is 0 Å². The fourth-order valence-corrected chi connectivity index (χ4v) is 4.52. The van der Waals surface area contributed by atoms with Crippen molar-refractivity contribution in [2.45, 2.75) is 32.6 Å². The summed E-state index contributed by atoms with van der Waals surface area (Å²) in [5, 5.41) is 15.3. The van der Waals surface area contributed by atoms with Gasteiger partial charge in [0.1, 0.15) is 22.7 Å². The van der Waals surface area contributed by atoms with Gasteiger partial charge in [-0.15, -0.1) is 11.3 Å². The molecule has 0 atom stereocenters. The van der Waals surface area contributed by atoms with Crippen LogP contribution in [0.5, 0.6) is 0 Å². The number of anilines is 3. The predicted octanol–water partition coefficient (Wildman–Crippen LogP) is 5.30. The Kier molecular flexibility index (Phi) is 5.81. The molecule has 0 aliphatic rings. The highest BCUT2D eigenvalue weighted by atomic mass is 32.1. The Hall–Kier alpha value is -4.05. The Bertz CT molecular complexity index is 1490. The van der Waals surface area contributed by atoms with Crippen LogP contribution in [0.3, 0.4) is 0 Å². The first kappa shape index (κ1) is 22.7. The van der Waals surface area contributed by atoms with Crippen LogP contribution in [-0.4, -0.2) is 30.8 Å². The first-order chi connectivity index (χ1) is 16.7. The molecule has 2 N–H and O–H groups in total. The highest BCUT2D eigenvalue weighted by molar-refractivity contribution is 7.21. The summed E-state index contributed by atoms with van der Waals surface area (Å²) in [6.07, 6.45) is 5.61. The zero-order valence-corrected chi connectivity index (χ0v) is 20.7. The van der Waals surface area contributed by atoms with E-state index in [1.54, 1.807) is 28.4 Å². The van der Waals surface area contributed by atoms with E-state index in [0.717, 1.165) is 43.5 Å². The van der Waals surface area contributed by atoms with Crippen molar-refractivity contribution in [2.75, 3.05) is 10.6 Å². The Morgan fingerprint density at radius 2 is 1.94 bits per heavy atom. The minimum atomic E-state index is -0.169. The van der Waals surface area contributed by atoms with Crippen LogP contribution in [0.15, 0.2) is 59.6 Å². The normalized spacial score (nSPS) is 11.7. The summed E-state index contributed by atoms with van der Waals surface area (Å²) in [4.78, 5) is 23.3. The zero-order chi connectivity index (χ0) is 24.6. The Balaban J connectivity index is 1.26. The second-order valence-corrected chi connectivity index (χ2v) is 10.4. The van der Waals surface area contributed by atoms with Crippen LogP contribution in [0.25, 0.3) is 20.7 Å². The van der Waals surface area contributed by atoms with E-state index in [9.17, 15) is 4.79 Å². The average Bonchev–Trinajstić information content (AvgIpc) is 3.54. The van der Waals surface area contributed by atoms with Crippen molar-refractivity contribution in [3.8, 4) is 10.4 Å². The lowest BCUT2D eigenvalue weighted by atomic mass is 9.93.